The molecule has 0 saturated heterocycles. The number of anilines is 1. The summed E-state index contributed by atoms with van der Waals surface area (Å²) in [7, 11) is 0.0381. The molecule has 0 fully saturated rings. The number of benzene rings is 2. The van der Waals surface area contributed by atoms with Gasteiger partial charge in [-0.25, -0.2) is 8.42 Å². The Labute approximate surface area is 166 Å². The minimum atomic E-state index is -3.49. The first kappa shape index (κ1) is 20.4. The lowest BCUT2D eigenvalue weighted by molar-refractivity contribution is 0.102. The summed E-state index contributed by atoms with van der Waals surface area (Å²) in [6, 6.07) is 10.3. The number of nitrogens with one attached hydrogen (secondary N) is 1. The lowest BCUT2D eigenvalue weighted by atomic mass is 9.98. The second-order valence-electron chi connectivity index (χ2n) is 7.34. The SMILES string of the molecule is COc1ccc(S(=O)(=O)C(C)C)cc1C(=O)Nc1cccc2c1CCN(C)C2. The van der Waals surface area contributed by atoms with Crippen LogP contribution >= 0.6 is 0 Å². The average molecular weight is 403 g/mol. The van der Waals surface area contributed by atoms with Crippen LogP contribution in [0.5, 0.6) is 5.75 Å². The Hall–Kier alpha value is -2.38. The largest absolute Gasteiger partial charge is 0.496 e. The third kappa shape index (κ3) is 3.91. The van der Waals surface area contributed by atoms with Crippen molar-refractivity contribution in [1.82, 2.24) is 4.90 Å². The zero-order chi connectivity index (χ0) is 20.5. The molecule has 1 aliphatic rings. The van der Waals surface area contributed by atoms with Crippen LogP contribution in [-0.4, -0.2) is 45.2 Å². The Kier molecular flexibility index (Phi) is 5.76. The van der Waals surface area contributed by atoms with Gasteiger partial charge in [-0.1, -0.05) is 12.1 Å². The number of ether oxygens (including phenoxy) is 1. The van der Waals surface area contributed by atoms with E-state index in [0.29, 0.717) is 5.75 Å². The molecule has 28 heavy (non-hydrogen) atoms. The number of sulfone groups is 1. The van der Waals surface area contributed by atoms with Gasteiger partial charge in [-0.3, -0.25) is 4.79 Å². The van der Waals surface area contributed by atoms with Crippen LogP contribution in [-0.2, 0) is 22.8 Å². The van der Waals surface area contributed by atoms with Gasteiger partial charge < -0.3 is 15.0 Å². The lowest BCUT2D eigenvalue weighted by Crippen LogP contribution is -2.27. The van der Waals surface area contributed by atoms with E-state index < -0.39 is 15.1 Å². The minimum Gasteiger partial charge on any atom is -0.496 e. The number of carbonyl (C=O) groups is 1. The highest BCUT2D eigenvalue weighted by molar-refractivity contribution is 7.92. The van der Waals surface area contributed by atoms with E-state index >= 15 is 0 Å². The third-order valence-electron chi connectivity index (χ3n) is 5.07. The summed E-state index contributed by atoms with van der Waals surface area (Å²) in [6.07, 6.45) is 0.848. The first-order valence-electron chi connectivity index (χ1n) is 9.26. The van der Waals surface area contributed by atoms with E-state index in [9.17, 15) is 13.2 Å². The second-order valence-corrected chi connectivity index (χ2v) is 9.85. The molecule has 1 heterocycles. The van der Waals surface area contributed by atoms with Crippen molar-refractivity contribution in [2.24, 2.45) is 0 Å². The standard InChI is InChI=1S/C21H26N2O4S/c1-14(2)28(25,26)16-8-9-20(27-4)18(12-16)21(24)22-19-7-5-6-15-13-23(3)11-10-17(15)19/h5-9,12,14H,10-11,13H2,1-4H3,(H,22,24). The van der Waals surface area contributed by atoms with Crippen LogP contribution in [0.2, 0.25) is 0 Å². The van der Waals surface area contributed by atoms with E-state index in [1.54, 1.807) is 13.8 Å². The van der Waals surface area contributed by atoms with Crippen molar-refractivity contribution in [1.29, 1.82) is 0 Å². The first-order valence-corrected chi connectivity index (χ1v) is 10.8. The molecule has 0 unspecified atom stereocenters. The molecule has 150 valence electrons. The van der Waals surface area contributed by atoms with Crippen LogP contribution < -0.4 is 10.1 Å². The van der Waals surface area contributed by atoms with E-state index in [0.717, 1.165) is 30.8 Å². The predicted octanol–water partition coefficient (Wildman–Crippen LogP) is 3.12. The molecule has 0 bridgehead atoms. The van der Waals surface area contributed by atoms with E-state index in [1.165, 1.54) is 30.9 Å². The number of hydrogen-bond acceptors (Lipinski definition) is 5. The Morgan fingerprint density at radius 3 is 2.64 bits per heavy atom. The molecular weight excluding hydrogens is 376 g/mol. The van der Waals surface area contributed by atoms with Crippen molar-refractivity contribution in [2.75, 3.05) is 26.0 Å². The van der Waals surface area contributed by atoms with Gasteiger partial charge in [0, 0.05) is 18.8 Å². The fourth-order valence-corrected chi connectivity index (χ4v) is 4.46. The van der Waals surface area contributed by atoms with Crippen LogP contribution in [0, 0.1) is 0 Å². The lowest BCUT2D eigenvalue weighted by Gasteiger charge is -2.26. The molecule has 0 radical (unpaired) electrons. The van der Waals surface area contributed by atoms with Gasteiger partial charge >= 0.3 is 0 Å². The van der Waals surface area contributed by atoms with E-state index in [1.807, 2.05) is 12.1 Å². The highest BCUT2D eigenvalue weighted by atomic mass is 32.2. The second kappa shape index (κ2) is 7.93. The molecule has 3 rings (SSSR count). The number of nitrogens with zero attached hydrogens (tertiary/aromatic N) is 1. The molecular formula is C21H26N2O4S. The summed E-state index contributed by atoms with van der Waals surface area (Å²) < 4.78 is 30.3. The smallest absolute Gasteiger partial charge is 0.259 e. The van der Waals surface area contributed by atoms with Crippen LogP contribution in [0.3, 0.4) is 0 Å². The minimum absolute atomic E-state index is 0.116. The molecule has 0 aromatic heterocycles. The molecule has 1 amide bonds. The number of hydrogen-bond donors (Lipinski definition) is 1. The van der Waals surface area contributed by atoms with Crippen molar-refractivity contribution in [3.8, 4) is 5.75 Å². The Balaban J connectivity index is 1.96. The summed E-state index contributed by atoms with van der Waals surface area (Å²) in [5, 5.41) is 2.38. The van der Waals surface area contributed by atoms with Crippen LogP contribution in [0.4, 0.5) is 5.69 Å². The molecule has 2 aromatic carbocycles. The first-order chi connectivity index (χ1) is 13.2. The maximum atomic E-state index is 13.0. The molecule has 2 aromatic rings. The van der Waals surface area contributed by atoms with Crippen LogP contribution in [0.1, 0.15) is 35.3 Å². The Morgan fingerprint density at radius 2 is 1.96 bits per heavy atom. The van der Waals surface area contributed by atoms with E-state index in [2.05, 4.69) is 23.3 Å². The zero-order valence-corrected chi connectivity index (χ0v) is 17.5. The average Bonchev–Trinajstić information content (AvgIpc) is 2.67. The molecule has 1 aliphatic heterocycles. The maximum Gasteiger partial charge on any atom is 0.259 e. The van der Waals surface area contributed by atoms with Crippen molar-refractivity contribution < 1.29 is 17.9 Å². The van der Waals surface area contributed by atoms with Crippen LogP contribution in [0.15, 0.2) is 41.3 Å². The number of likely N-dealkylation sites (N-methyl/N-ethyl adjacent to an activating group) is 1. The molecule has 0 spiro atoms. The Bertz CT molecular complexity index is 999. The Morgan fingerprint density at radius 1 is 1.21 bits per heavy atom. The predicted molar refractivity (Wildman–Crippen MR) is 110 cm³/mol. The molecule has 1 N–H and O–H groups in total. The number of fused-ring (bicyclic) bond motifs is 1. The highest BCUT2D eigenvalue weighted by Crippen LogP contribution is 2.29. The summed E-state index contributed by atoms with van der Waals surface area (Å²) in [5.41, 5.74) is 3.28. The fourth-order valence-electron chi connectivity index (χ4n) is 3.37. The van der Waals surface area contributed by atoms with Crippen molar-refractivity contribution in [3.05, 3.63) is 53.1 Å². The highest BCUT2D eigenvalue weighted by Gasteiger charge is 2.24. The number of amides is 1. The third-order valence-corrected chi connectivity index (χ3v) is 7.22. The molecule has 0 aliphatic carbocycles. The summed E-state index contributed by atoms with van der Waals surface area (Å²) >= 11 is 0. The molecule has 0 saturated carbocycles. The normalized spacial score (nSPS) is 14.6. The van der Waals surface area contributed by atoms with E-state index in [-0.39, 0.29) is 16.4 Å². The monoisotopic (exact) mass is 402 g/mol. The number of methoxy groups -OCH3 is 1. The van der Waals surface area contributed by atoms with Gasteiger partial charge in [-0.2, -0.15) is 0 Å². The van der Waals surface area contributed by atoms with Gasteiger partial charge in [0.1, 0.15) is 5.75 Å². The number of rotatable bonds is 5. The summed E-state index contributed by atoms with van der Waals surface area (Å²) in [6.45, 7) is 5.00. The van der Waals surface area contributed by atoms with Gasteiger partial charge in [0.05, 0.1) is 22.8 Å². The molecule has 6 nitrogen and oxygen atoms in total. The van der Waals surface area contributed by atoms with Crippen molar-refractivity contribution in [2.45, 2.75) is 37.0 Å². The zero-order valence-electron chi connectivity index (χ0n) is 16.7. The van der Waals surface area contributed by atoms with Gasteiger partial charge in [0.2, 0.25) is 0 Å². The topological polar surface area (TPSA) is 75.7 Å². The van der Waals surface area contributed by atoms with Crippen molar-refractivity contribution in [3.63, 3.8) is 0 Å². The van der Waals surface area contributed by atoms with Crippen molar-refractivity contribution >= 4 is 21.4 Å². The fraction of sp³-hybridized carbons (Fsp3) is 0.381. The van der Waals surface area contributed by atoms with E-state index in [4.69, 9.17) is 4.74 Å². The number of carbonyl (C=O) groups excluding carboxylic acids is 1. The van der Waals surface area contributed by atoms with Crippen LogP contribution in [0.25, 0.3) is 0 Å². The van der Waals surface area contributed by atoms with Gasteiger partial charge in [0.15, 0.2) is 9.84 Å². The summed E-state index contributed by atoms with van der Waals surface area (Å²) in [4.78, 5) is 15.3. The van der Waals surface area contributed by atoms with Gasteiger partial charge in [-0.15, -0.1) is 0 Å². The molecule has 7 heteroatoms. The van der Waals surface area contributed by atoms with Gasteiger partial charge in [0.25, 0.3) is 5.91 Å². The summed E-state index contributed by atoms with van der Waals surface area (Å²) in [5.74, 6) is -0.0466. The maximum absolute atomic E-state index is 13.0. The quantitative estimate of drug-likeness (QED) is 0.832. The van der Waals surface area contributed by atoms with Gasteiger partial charge in [-0.05, 0) is 62.7 Å². The molecule has 0 atom stereocenters.